The second kappa shape index (κ2) is 6.70. The van der Waals surface area contributed by atoms with Gasteiger partial charge >= 0.3 is 0 Å². The number of aromatic nitrogens is 2. The van der Waals surface area contributed by atoms with Crippen molar-refractivity contribution in [3.8, 4) is 5.75 Å². The van der Waals surface area contributed by atoms with E-state index in [0.717, 1.165) is 49.1 Å². The molecule has 1 unspecified atom stereocenters. The third-order valence-corrected chi connectivity index (χ3v) is 7.81. The zero-order valence-corrected chi connectivity index (χ0v) is 16.4. The highest BCUT2D eigenvalue weighted by Gasteiger charge is 2.36. The van der Waals surface area contributed by atoms with Crippen LogP contribution in [0.4, 0.5) is 0 Å². The van der Waals surface area contributed by atoms with Gasteiger partial charge in [-0.3, -0.25) is 4.79 Å². The molecule has 1 aromatic heterocycles. The lowest BCUT2D eigenvalue weighted by Gasteiger charge is -2.24. The summed E-state index contributed by atoms with van der Waals surface area (Å²) >= 11 is 0. The van der Waals surface area contributed by atoms with Crippen molar-refractivity contribution in [1.82, 2.24) is 14.1 Å². The minimum Gasteiger partial charge on any atom is -0.493 e. The summed E-state index contributed by atoms with van der Waals surface area (Å²) in [5.41, 5.74) is 1.70. The Morgan fingerprint density at radius 1 is 1.14 bits per heavy atom. The highest BCUT2D eigenvalue weighted by Crippen LogP contribution is 2.38. The number of ether oxygens (including phenoxy) is 1. The van der Waals surface area contributed by atoms with E-state index >= 15 is 0 Å². The first-order chi connectivity index (χ1) is 13.5. The van der Waals surface area contributed by atoms with Crippen LogP contribution in [0.5, 0.6) is 5.75 Å². The summed E-state index contributed by atoms with van der Waals surface area (Å²) in [7, 11) is -3.62. The molecule has 0 amide bonds. The van der Waals surface area contributed by atoms with E-state index in [-0.39, 0.29) is 11.6 Å². The number of benzene rings is 1. The number of hydrogen-bond donors (Lipinski definition) is 0. The van der Waals surface area contributed by atoms with Crippen LogP contribution < -0.4 is 10.3 Å². The summed E-state index contributed by atoms with van der Waals surface area (Å²) in [4.78, 5) is 12.6. The first-order valence-electron chi connectivity index (χ1n) is 9.88. The maximum absolute atomic E-state index is 13.3. The van der Waals surface area contributed by atoms with Gasteiger partial charge in [0.2, 0.25) is 10.0 Å². The molecule has 1 aliphatic carbocycles. The molecule has 2 aliphatic heterocycles. The van der Waals surface area contributed by atoms with Gasteiger partial charge in [-0.1, -0.05) is 0 Å². The smallest absolute Gasteiger partial charge is 0.266 e. The lowest BCUT2D eigenvalue weighted by atomic mass is 10.2. The molecule has 0 bridgehead atoms. The lowest BCUT2D eigenvalue weighted by Crippen LogP contribution is -2.40. The molecule has 7 nitrogen and oxygen atoms in total. The molecule has 0 radical (unpaired) electrons. The number of hydrogen-bond acceptors (Lipinski definition) is 5. The average molecular weight is 401 g/mol. The van der Waals surface area contributed by atoms with Crippen LogP contribution in [0.3, 0.4) is 0 Å². The minimum atomic E-state index is -3.62. The Bertz CT molecular complexity index is 1080. The molecule has 0 spiro atoms. The van der Waals surface area contributed by atoms with E-state index in [0.29, 0.717) is 30.5 Å². The van der Waals surface area contributed by atoms with Crippen LogP contribution in [-0.4, -0.2) is 41.7 Å². The van der Waals surface area contributed by atoms with E-state index in [9.17, 15) is 13.2 Å². The maximum Gasteiger partial charge on any atom is 0.266 e. The summed E-state index contributed by atoms with van der Waals surface area (Å²) < 4.78 is 35.0. The lowest BCUT2D eigenvalue weighted by molar-refractivity contribution is 0.334. The molecule has 1 saturated carbocycles. The predicted octanol–water partition coefficient (Wildman–Crippen LogP) is 1.91. The Balaban J connectivity index is 1.42. The number of nitrogens with zero attached hydrogens (tertiary/aromatic N) is 3. The first-order valence-corrected chi connectivity index (χ1v) is 11.3. The molecule has 1 atom stereocenters. The van der Waals surface area contributed by atoms with E-state index in [1.807, 2.05) is 0 Å². The molecule has 3 aliphatic rings. The minimum absolute atomic E-state index is 0.177. The van der Waals surface area contributed by atoms with Crippen molar-refractivity contribution < 1.29 is 13.2 Å². The average Bonchev–Trinajstić information content (AvgIpc) is 3.24. The molecular weight excluding hydrogens is 378 g/mol. The first kappa shape index (κ1) is 17.9. The van der Waals surface area contributed by atoms with E-state index < -0.39 is 10.0 Å². The zero-order chi connectivity index (χ0) is 19.3. The monoisotopic (exact) mass is 401 g/mol. The Morgan fingerprint density at radius 2 is 2.00 bits per heavy atom. The van der Waals surface area contributed by atoms with Crippen LogP contribution in [0.1, 0.15) is 42.9 Å². The van der Waals surface area contributed by atoms with Crippen LogP contribution in [0.2, 0.25) is 0 Å². The highest BCUT2D eigenvalue weighted by atomic mass is 32.2. The van der Waals surface area contributed by atoms with E-state index in [4.69, 9.17) is 4.74 Å². The SMILES string of the molecule is O=c1ccc(C2CC2)nn1CC1CCCN1S(=O)(=O)c1ccc2c(c1)CCO2. The second-order valence-corrected chi connectivity index (χ2v) is 9.72. The molecule has 1 aromatic carbocycles. The third-order valence-electron chi connectivity index (χ3n) is 5.86. The summed E-state index contributed by atoms with van der Waals surface area (Å²) in [5, 5.41) is 4.50. The van der Waals surface area contributed by atoms with Gasteiger partial charge in [-0.25, -0.2) is 13.1 Å². The van der Waals surface area contributed by atoms with E-state index in [1.165, 1.54) is 4.68 Å². The van der Waals surface area contributed by atoms with Crippen molar-refractivity contribution in [3.05, 3.63) is 51.9 Å². The summed E-state index contributed by atoms with van der Waals surface area (Å²) in [6.07, 6.45) is 4.47. The van der Waals surface area contributed by atoms with Gasteiger partial charge in [-0.05, 0) is 55.5 Å². The Kier molecular flexibility index (Phi) is 4.28. The molecule has 148 valence electrons. The highest BCUT2D eigenvalue weighted by molar-refractivity contribution is 7.89. The van der Waals surface area contributed by atoms with Crippen molar-refractivity contribution in [2.75, 3.05) is 13.2 Å². The van der Waals surface area contributed by atoms with Gasteiger partial charge in [0.25, 0.3) is 5.56 Å². The fourth-order valence-electron chi connectivity index (χ4n) is 4.16. The van der Waals surface area contributed by atoms with Gasteiger partial charge in [0.05, 0.1) is 23.7 Å². The Labute approximate surface area is 164 Å². The zero-order valence-electron chi connectivity index (χ0n) is 15.6. The van der Waals surface area contributed by atoms with Crippen LogP contribution in [-0.2, 0) is 23.0 Å². The summed E-state index contributed by atoms with van der Waals surface area (Å²) in [6.45, 7) is 1.36. The van der Waals surface area contributed by atoms with Gasteiger partial charge in [-0.15, -0.1) is 0 Å². The number of fused-ring (bicyclic) bond motifs is 1. The quantitative estimate of drug-likeness (QED) is 0.764. The fourth-order valence-corrected chi connectivity index (χ4v) is 5.89. The van der Waals surface area contributed by atoms with Crippen LogP contribution in [0, 0.1) is 0 Å². The second-order valence-electron chi connectivity index (χ2n) is 7.83. The van der Waals surface area contributed by atoms with Gasteiger partial charge < -0.3 is 4.74 Å². The van der Waals surface area contributed by atoms with Crippen LogP contribution in [0.15, 0.2) is 40.0 Å². The largest absolute Gasteiger partial charge is 0.493 e. The van der Waals surface area contributed by atoms with Crippen molar-refractivity contribution >= 4 is 10.0 Å². The topological polar surface area (TPSA) is 81.5 Å². The van der Waals surface area contributed by atoms with E-state index in [1.54, 1.807) is 34.6 Å². The summed E-state index contributed by atoms with van der Waals surface area (Å²) in [5.74, 6) is 1.22. The molecule has 5 rings (SSSR count). The van der Waals surface area contributed by atoms with E-state index in [2.05, 4.69) is 5.10 Å². The van der Waals surface area contributed by atoms with Crippen molar-refractivity contribution in [2.45, 2.75) is 55.5 Å². The van der Waals surface area contributed by atoms with Gasteiger partial charge in [-0.2, -0.15) is 9.40 Å². The molecule has 2 aromatic rings. The maximum atomic E-state index is 13.3. The number of sulfonamides is 1. The molecule has 1 saturated heterocycles. The molecule has 2 fully saturated rings. The standard InChI is InChI=1S/C20H23N3O4S/c24-20-8-6-18(14-3-4-14)21-22(20)13-16-2-1-10-23(16)28(25,26)17-5-7-19-15(12-17)9-11-27-19/h5-8,12,14,16H,1-4,9-11,13H2. The van der Waals surface area contributed by atoms with Gasteiger partial charge in [0.1, 0.15) is 5.75 Å². The molecule has 8 heteroatoms. The molecular formula is C20H23N3O4S. The number of rotatable bonds is 5. The fraction of sp³-hybridized carbons (Fsp3) is 0.500. The van der Waals surface area contributed by atoms with Crippen LogP contribution in [0.25, 0.3) is 0 Å². The Hall–Kier alpha value is -2.19. The van der Waals surface area contributed by atoms with Crippen LogP contribution >= 0.6 is 0 Å². The third kappa shape index (κ3) is 3.14. The normalized spacial score (nSPS) is 22.2. The Morgan fingerprint density at radius 3 is 2.82 bits per heavy atom. The van der Waals surface area contributed by atoms with Crippen molar-refractivity contribution in [3.63, 3.8) is 0 Å². The van der Waals surface area contributed by atoms with Gasteiger partial charge in [0, 0.05) is 31.0 Å². The van der Waals surface area contributed by atoms with Crippen molar-refractivity contribution in [1.29, 1.82) is 0 Å². The molecule has 0 N–H and O–H groups in total. The predicted molar refractivity (Wildman–Crippen MR) is 103 cm³/mol. The summed E-state index contributed by atoms with van der Waals surface area (Å²) in [6, 6.07) is 8.18. The van der Waals surface area contributed by atoms with Crippen molar-refractivity contribution in [2.24, 2.45) is 0 Å². The molecule has 28 heavy (non-hydrogen) atoms. The van der Waals surface area contributed by atoms with Gasteiger partial charge in [0.15, 0.2) is 0 Å². The molecule has 3 heterocycles.